The van der Waals surface area contributed by atoms with Gasteiger partial charge in [-0.15, -0.1) is 0 Å². The molecule has 1 aliphatic rings. The summed E-state index contributed by atoms with van der Waals surface area (Å²) in [7, 11) is 0. The number of rotatable bonds is 4. The Morgan fingerprint density at radius 2 is 1.74 bits per heavy atom. The maximum absolute atomic E-state index is 14.4. The maximum atomic E-state index is 14.4. The molecule has 34 heavy (non-hydrogen) atoms. The number of benzene rings is 3. The van der Waals surface area contributed by atoms with Crippen LogP contribution in [0.1, 0.15) is 17.3 Å². The molecule has 0 bridgehead atoms. The number of H-pyrrole nitrogens is 1. The third kappa shape index (κ3) is 4.12. The Kier molecular flexibility index (Phi) is 5.75. The molecular formula is C26H24F2N4O2. The normalized spacial score (nSPS) is 14.6. The fraction of sp³-hybridized carbons (Fsp3) is 0.231. The van der Waals surface area contributed by atoms with Gasteiger partial charge in [-0.2, -0.15) is 0 Å². The largest absolute Gasteiger partial charge is 0.369 e. The number of aromatic amines is 1. The van der Waals surface area contributed by atoms with Crippen molar-refractivity contribution >= 4 is 39.1 Å². The van der Waals surface area contributed by atoms with E-state index in [9.17, 15) is 18.4 Å². The number of amides is 1. The first-order chi connectivity index (χ1) is 16.4. The van der Waals surface area contributed by atoms with Crippen molar-refractivity contribution in [2.24, 2.45) is 0 Å². The standard InChI is InChI=1S/C26H24F2N4O2/c1-2-31-8-10-32(11-9-31)19-5-3-4-18(15-19)29-26(34)22-14-17(28)13-21-24(22)30-23-7-6-16(27)12-20(23)25(21)33/h3-7,12-15H,2,8-11H2,1H3,(H,29,34)(H,30,33). The molecule has 1 saturated heterocycles. The summed E-state index contributed by atoms with van der Waals surface area (Å²) in [4.78, 5) is 33.7. The van der Waals surface area contributed by atoms with Crippen molar-refractivity contribution in [2.75, 3.05) is 42.9 Å². The highest BCUT2D eigenvalue weighted by molar-refractivity contribution is 6.13. The third-order valence-corrected chi connectivity index (χ3v) is 6.37. The van der Waals surface area contributed by atoms with E-state index in [1.165, 1.54) is 12.1 Å². The molecule has 0 radical (unpaired) electrons. The van der Waals surface area contributed by atoms with Gasteiger partial charge in [0.2, 0.25) is 0 Å². The van der Waals surface area contributed by atoms with E-state index in [2.05, 4.69) is 27.0 Å². The lowest BCUT2D eigenvalue weighted by molar-refractivity contribution is 0.102. The van der Waals surface area contributed by atoms with Gasteiger partial charge in [0.05, 0.1) is 11.1 Å². The van der Waals surface area contributed by atoms with E-state index >= 15 is 0 Å². The molecule has 0 aliphatic carbocycles. The summed E-state index contributed by atoms with van der Waals surface area (Å²) in [5.74, 6) is -1.83. The molecule has 6 nitrogen and oxygen atoms in total. The number of hydrogen-bond acceptors (Lipinski definition) is 4. The molecule has 1 fully saturated rings. The summed E-state index contributed by atoms with van der Waals surface area (Å²) in [6, 6.07) is 13.4. The molecular weight excluding hydrogens is 438 g/mol. The molecule has 0 spiro atoms. The van der Waals surface area contributed by atoms with Crippen molar-refractivity contribution in [1.29, 1.82) is 0 Å². The van der Waals surface area contributed by atoms with Crippen molar-refractivity contribution in [1.82, 2.24) is 9.88 Å². The molecule has 8 heteroatoms. The minimum Gasteiger partial charge on any atom is -0.369 e. The molecule has 0 atom stereocenters. The zero-order chi connectivity index (χ0) is 23.8. The highest BCUT2D eigenvalue weighted by atomic mass is 19.1. The lowest BCUT2D eigenvalue weighted by Crippen LogP contribution is -2.46. The summed E-state index contributed by atoms with van der Waals surface area (Å²) in [5, 5.41) is 2.92. The number of halogens is 2. The first kappa shape index (κ1) is 22.0. The van der Waals surface area contributed by atoms with Crippen LogP contribution in [0.25, 0.3) is 21.8 Å². The van der Waals surface area contributed by atoms with Crippen molar-refractivity contribution < 1.29 is 13.6 Å². The first-order valence-corrected chi connectivity index (χ1v) is 11.3. The van der Waals surface area contributed by atoms with Crippen LogP contribution < -0.4 is 15.6 Å². The molecule has 174 valence electrons. The first-order valence-electron chi connectivity index (χ1n) is 11.3. The monoisotopic (exact) mass is 462 g/mol. The van der Waals surface area contributed by atoms with Gasteiger partial charge in [0, 0.05) is 53.8 Å². The Morgan fingerprint density at radius 1 is 0.971 bits per heavy atom. The molecule has 2 N–H and O–H groups in total. The SMILES string of the molecule is CCN1CCN(c2cccc(NC(=O)c3cc(F)cc4c(=O)c5cc(F)ccc5[nH]c34)c2)CC1. The summed E-state index contributed by atoms with van der Waals surface area (Å²) in [6.07, 6.45) is 0. The smallest absolute Gasteiger partial charge is 0.257 e. The molecule has 4 aromatic rings. The second-order valence-electron chi connectivity index (χ2n) is 8.45. The van der Waals surface area contributed by atoms with Gasteiger partial charge in [0.1, 0.15) is 11.6 Å². The second kappa shape index (κ2) is 8.87. The number of pyridine rings is 1. The minimum atomic E-state index is -0.721. The summed E-state index contributed by atoms with van der Waals surface area (Å²) >= 11 is 0. The van der Waals surface area contributed by atoms with Crippen molar-refractivity contribution in [3.63, 3.8) is 0 Å². The van der Waals surface area contributed by atoms with Crippen molar-refractivity contribution in [3.8, 4) is 0 Å². The van der Waals surface area contributed by atoms with Gasteiger partial charge in [-0.1, -0.05) is 13.0 Å². The molecule has 3 aromatic carbocycles. The zero-order valence-corrected chi connectivity index (χ0v) is 18.7. The van der Waals surface area contributed by atoms with Crippen LogP contribution in [-0.4, -0.2) is 48.5 Å². The lowest BCUT2D eigenvalue weighted by atomic mass is 10.0. The molecule has 0 saturated carbocycles. The van der Waals surface area contributed by atoms with Crippen LogP contribution in [0.3, 0.4) is 0 Å². The summed E-state index contributed by atoms with van der Waals surface area (Å²) in [5.41, 5.74) is 1.61. The number of hydrogen-bond donors (Lipinski definition) is 2. The number of anilines is 2. The van der Waals surface area contributed by atoms with Gasteiger partial charge in [0.25, 0.3) is 5.91 Å². The van der Waals surface area contributed by atoms with Crippen LogP contribution in [0.5, 0.6) is 0 Å². The number of carbonyl (C=O) groups excluding carboxylic acids is 1. The maximum Gasteiger partial charge on any atom is 0.257 e. The van der Waals surface area contributed by atoms with Gasteiger partial charge in [-0.05, 0) is 55.1 Å². The Hall–Kier alpha value is -3.78. The predicted molar refractivity (Wildman–Crippen MR) is 131 cm³/mol. The van der Waals surface area contributed by atoms with Crippen LogP contribution in [0, 0.1) is 11.6 Å². The topological polar surface area (TPSA) is 68.4 Å². The van der Waals surface area contributed by atoms with E-state index < -0.39 is 23.0 Å². The molecule has 0 unspecified atom stereocenters. The van der Waals surface area contributed by atoms with E-state index in [-0.39, 0.29) is 21.9 Å². The van der Waals surface area contributed by atoms with Gasteiger partial charge in [-0.3, -0.25) is 9.59 Å². The minimum absolute atomic E-state index is 0.000267. The zero-order valence-electron chi connectivity index (χ0n) is 18.7. The predicted octanol–water partition coefficient (Wildman–Crippen LogP) is 4.35. The van der Waals surface area contributed by atoms with Crippen LogP contribution >= 0.6 is 0 Å². The number of likely N-dealkylation sites (N-methyl/N-ethyl adjacent to an activating group) is 1. The number of nitrogens with one attached hydrogen (secondary N) is 2. The lowest BCUT2D eigenvalue weighted by Gasteiger charge is -2.35. The Morgan fingerprint density at radius 3 is 2.50 bits per heavy atom. The molecule has 1 amide bonds. The number of aromatic nitrogens is 1. The number of carbonyl (C=O) groups is 1. The van der Waals surface area contributed by atoms with Gasteiger partial charge >= 0.3 is 0 Å². The number of fused-ring (bicyclic) bond motifs is 2. The molecule has 1 aromatic heterocycles. The Balaban J connectivity index is 1.48. The van der Waals surface area contributed by atoms with E-state index in [1.54, 1.807) is 6.07 Å². The highest BCUT2D eigenvalue weighted by Gasteiger charge is 2.19. The fourth-order valence-electron chi connectivity index (χ4n) is 4.49. The van der Waals surface area contributed by atoms with Crippen LogP contribution in [0.4, 0.5) is 20.2 Å². The summed E-state index contributed by atoms with van der Waals surface area (Å²) in [6.45, 7) is 6.93. The average molecular weight is 463 g/mol. The highest BCUT2D eigenvalue weighted by Crippen LogP contribution is 2.24. The molecule has 2 heterocycles. The van der Waals surface area contributed by atoms with Crippen LogP contribution in [0.2, 0.25) is 0 Å². The molecule has 1 aliphatic heterocycles. The van der Waals surface area contributed by atoms with Gasteiger partial charge < -0.3 is 20.1 Å². The quantitative estimate of drug-likeness (QED) is 0.443. The second-order valence-corrected chi connectivity index (χ2v) is 8.45. The Labute approximate surface area is 194 Å². The summed E-state index contributed by atoms with van der Waals surface area (Å²) < 4.78 is 28.1. The van der Waals surface area contributed by atoms with Crippen LogP contribution in [-0.2, 0) is 0 Å². The van der Waals surface area contributed by atoms with Crippen LogP contribution in [0.15, 0.2) is 59.4 Å². The fourth-order valence-corrected chi connectivity index (χ4v) is 4.49. The molecule has 5 rings (SSSR count). The van der Waals surface area contributed by atoms with Gasteiger partial charge in [-0.25, -0.2) is 8.78 Å². The van der Waals surface area contributed by atoms with Gasteiger partial charge in [0.15, 0.2) is 5.43 Å². The average Bonchev–Trinajstić information content (AvgIpc) is 2.85. The van der Waals surface area contributed by atoms with E-state index in [1.807, 2.05) is 18.2 Å². The Bertz CT molecular complexity index is 1460. The van der Waals surface area contributed by atoms with E-state index in [4.69, 9.17) is 0 Å². The van der Waals surface area contributed by atoms with Crippen molar-refractivity contribution in [2.45, 2.75) is 6.92 Å². The van der Waals surface area contributed by atoms with Crippen molar-refractivity contribution in [3.05, 3.63) is 82.0 Å². The third-order valence-electron chi connectivity index (χ3n) is 6.37. The van der Waals surface area contributed by atoms with E-state index in [0.717, 1.165) is 56.6 Å². The number of nitrogens with zero attached hydrogens (tertiary/aromatic N) is 2. The number of piperazine rings is 1. The van der Waals surface area contributed by atoms with E-state index in [0.29, 0.717) is 11.2 Å².